The van der Waals surface area contributed by atoms with E-state index in [-0.39, 0.29) is 5.69 Å². The van der Waals surface area contributed by atoms with Crippen molar-refractivity contribution in [2.45, 2.75) is 13.8 Å². The quantitative estimate of drug-likeness (QED) is 0.778. The Bertz CT molecular complexity index is 806. The fourth-order valence-corrected chi connectivity index (χ4v) is 2.01. The highest BCUT2D eigenvalue weighted by atomic mass is 19.1. The summed E-state index contributed by atoms with van der Waals surface area (Å²) in [5.41, 5.74) is 1.28. The molecule has 0 spiro atoms. The van der Waals surface area contributed by atoms with E-state index < -0.39 is 11.7 Å². The Morgan fingerprint density at radius 2 is 2.20 bits per heavy atom. The summed E-state index contributed by atoms with van der Waals surface area (Å²) in [5, 5.41) is 6.27. The third kappa shape index (κ3) is 2.03. The van der Waals surface area contributed by atoms with Crippen molar-refractivity contribution in [2.24, 2.45) is 0 Å². The lowest BCUT2D eigenvalue weighted by Crippen LogP contribution is -2.15. The number of nitrogens with zero attached hydrogens (tertiary/aromatic N) is 3. The summed E-state index contributed by atoms with van der Waals surface area (Å²) >= 11 is 0. The first-order chi connectivity index (χ1) is 9.54. The number of fused-ring (bicyclic) bond motifs is 1. The van der Waals surface area contributed by atoms with Crippen LogP contribution in [0.2, 0.25) is 0 Å². The van der Waals surface area contributed by atoms with Crippen molar-refractivity contribution < 1.29 is 13.7 Å². The average Bonchev–Trinajstić information content (AvgIpc) is 2.91. The van der Waals surface area contributed by atoms with Crippen molar-refractivity contribution in [1.29, 1.82) is 0 Å². The number of carbonyl (C=O) groups excluding carboxylic acids is 1. The number of anilines is 1. The lowest BCUT2D eigenvalue weighted by molar-refractivity contribution is 0.102. The molecule has 3 heterocycles. The normalized spacial score (nSPS) is 10.9. The van der Waals surface area contributed by atoms with Crippen molar-refractivity contribution in [2.75, 3.05) is 5.32 Å². The van der Waals surface area contributed by atoms with Gasteiger partial charge in [-0.3, -0.25) is 9.20 Å². The molecule has 0 unspecified atom stereocenters. The molecule has 0 aliphatic heterocycles. The van der Waals surface area contributed by atoms with Crippen molar-refractivity contribution in [1.82, 2.24) is 14.5 Å². The third-order valence-corrected chi connectivity index (χ3v) is 2.84. The number of nitrogens with one attached hydrogen (secondary N) is 1. The molecule has 0 fully saturated rings. The van der Waals surface area contributed by atoms with Gasteiger partial charge in [-0.2, -0.15) is 0 Å². The average molecular weight is 274 g/mol. The van der Waals surface area contributed by atoms with Crippen LogP contribution >= 0.6 is 0 Å². The first kappa shape index (κ1) is 12.3. The first-order valence-corrected chi connectivity index (χ1v) is 5.93. The predicted molar refractivity (Wildman–Crippen MR) is 69.1 cm³/mol. The van der Waals surface area contributed by atoms with Crippen LogP contribution in [0.3, 0.4) is 0 Å². The molecule has 0 atom stereocenters. The van der Waals surface area contributed by atoms with Crippen molar-refractivity contribution in [3.8, 4) is 0 Å². The molecule has 0 aliphatic carbocycles. The van der Waals surface area contributed by atoms with Crippen LogP contribution in [0.25, 0.3) is 5.65 Å². The number of halogens is 1. The van der Waals surface area contributed by atoms with Crippen molar-refractivity contribution >= 4 is 17.4 Å². The van der Waals surface area contributed by atoms with E-state index in [4.69, 9.17) is 4.52 Å². The van der Waals surface area contributed by atoms with Gasteiger partial charge >= 0.3 is 0 Å². The molecule has 3 aromatic heterocycles. The topological polar surface area (TPSA) is 72.4 Å². The van der Waals surface area contributed by atoms with E-state index in [9.17, 15) is 9.18 Å². The Kier molecular flexibility index (Phi) is 2.74. The maximum atomic E-state index is 13.3. The molecule has 0 radical (unpaired) electrons. The summed E-state index contributed by atoms with van der Waals surface area (Å²) in [5.74, 6) is 0.0228. The number of carbonyl (C=O) groups is 1. The number of pyridine rings is 1. The second kappa shape index (κ2) is 4.44. The van der Waals surface area contributed by atoms with Gasteiger partial charge in [-0.25, -0.2) is 9.37 Å². The lowest BCUT2D eigenvalue weighted by atomic mass is 10.3. The summed E-state index contributed by atoms with van der Waals surface area (Å²) in [7, 11) is 0. The van der Waals surface area contributed by atoms with Gasteiger partial charge in [-0.05, 0) is 26.0 Å². The Morgan fingerprint density at radius 1 is 1.40 bits per heavy atom. The van der Waals surface area contributed by atoms with Crippen LogP contribution in [0.5, 0.6) is 0 Å². The van der Waals surface area contributed by atoms with Crippen molar-refractivity contribution in [3.63, 3.8) is 0 Å². The van der Waals surface area contributed by atoms with Gasteiger partial charge in [0.1, 0.15) is 22.9 Å². The number of rotatable bonds is 2. The number of imidazole rings is 1. The number of amides is 1. The Hall–Kier alpha value is -2.70. The van der Waals surface area contributed by atoms with E-state index in [1.807, 2.05) is 0 Å². The van der Waals surface area contributed by atoms with Crippen molar-refractivity contribution in [3.05, 3.63) is 47.4 Å². The zero-order valence-electron chi connectivity index (χ0n) is 10.8. The summed E-state index contributed by atoms with van der Waals surface area (Å²) in [6.45, 7) is 3.41. The molecular weight excluding hydrogens is 263 g/mol. The van der Waals surface area contributed by atoms with E-state index in [1.54, 1.807) is 19.9 Å². The zero-order chi connectivity index (χ0) is 14.3. The molecule has 0 aromatic carbocycles. The van der Waals surface area contributed by atoms with Gasteiger partial charge in [0.05, 0.1) is 5.69 Å². The fourth-order valence-electron chi connectivity index (χ4n) is 2.01. The van der Waals surface area contributed by atoms with E-state index in [0.717, 1.165) is 0 Å². The molecule has 0 saturated heterocycles. The minimum absolute atomic E-state index is 0.264. The second-order valence-electron chi connectivity index (χ2n) is 4.40. The Balaban J connectivity index is 2.02. The van der Waals surface area contributed by atoms with E-state index in [2.05, 4.69) is 15.5 Å². The van der Waals surface area contributed by atoms with Crippen LogP contribution < -0.4 is 5.32 Å². The molecule has 3 aromatic rings. The molecule has 3 rings (SSSR count). The number of aryl methyl sites for hydroxylation is 2. The molecule has 1 N–H and O–H groups in total. The van der Waals surface area contributed by atoms with Crippen LogP contribution in [-0.2, 0) is 0 Å². The van der Waals surface area contributed by atoms with Crippen LogP contribution in [0.1, 0.15) is 21.9 Å². The monoisotopic (exact) mass is 274 g/mol. The fraction of sp³-hybridized carbons (Fsp3) is 0.154. The van der Waals surface area contributed by atoms with E-state index in [0.29, 0.717) is 22.9 Å². The van der Waals surface area contributed by atoms with E-state index in [1.165, 1.54) is 22.7 Å². The van der Waals surface area contributed by atoms with Gasteiger partial charge in [-0.15, -0.1) is 0 Å². The molecule has 6 nitrogen and oxygen atoms in total. The maximum Gasteiger partial charge on any atom is 0.275 e. The maximum absolute atomic E-state index is 13.3. The number of aromatic nitrogens is 3. The first-order valence-electron chi connectivity index (χ1n) is 5.93. The Morgan fingerprint density at radius 3 is 2.90 bits per heavy atom. The molecule has 1 amide bonds. The molecule has 102 valence electrons. The Labute approximate surface area is 113 Å². The van der Waals surface area contributed by atoms with Crippen LogP contribution in [-0.4, -0.2) is 20.4 Å². The number of hydrogen-bond acceptors (Lipinski definition) is 4. The largest absolute Gasteiger partial charge is 0.360 e. The van der Waals surface area contributed by atoms with Crippen LogP contribution in [0, 0.1) is 19.7 Å². The summed E-state index contributed by atoms with van der Waals surface area (Å²) in [4.78, 5) is 16.5. The summed E-state index contributed by atoms with van der Waals surface area (Å²) < 4.78 is 19.6. The van der Waals surface area contributed by atoms with E-state index >= 15 is 0 Å². The van der Waals surface area contributed by atoms with Gasteiger partial charge in [-0.1, -0.05) is 5.16 Å². The lowest BCUT2D eigenvalue weighted by Gasteiger charge is -2.02. The summed E-state index contributed by atoms with van der Waals surface area (Å²) in [6, 6.07) is 4.40. The highest BCUT2D eigenvalue weighted by Gasteiger charge is 2.18. The smallest absolute Gasteiger partial charge is 0.275 e. The van der Waals surface area contributed by atoms with Gasteiger partial charge in [0.2, 0.25) is 0 Å². The molecule has 0 bridgehead atoms. The zero-order valence-corrected chi connectivity index (χ0v) is 10.8. The van der Waals surface area contributed by atoms with Gasteiger partial charge < -0.3 is 9.84 Å². The van der Waals surface area contributed by atoms with Crippen LogP contribution in [0.4, 0.5) is 10.2 Å². The van der Waals surface area contributed by atoms with Gasteiger partial charge in [0.25, 0.3) is 5.91 Å². The summed E-state index contributed by atoms with van der Waals surface area (Å²) in [6.07, 6.45) is 1.22. The van der Waals surface area contributed by atoms with Crippen LogP contribution in [0.15, 0.2) is 28.9 Å². The van der Waals surface area contributed by atoms with Gasteiger partial charge in [0, 0.05) is 12.3 Å². The minimum atomic E-state index is -0.443. The van der Waals surface area contributed by atoms with Gasteiger partial charge in [0.15, 0.2) is 5.82 Å². The molecule has 20 heavy (non-hydrogen) atoms. The molecular formula is C13H11FN4O2. The molecule has 0 aliphatic rings. The predicted octanol–water partition coefficient (Wildman–Crippen LogP) is 2.33. The second-order valence-corrected chi connectivity index (χ2v) is 4.40. The highest BCUT2D eigenvalue weighted by molar-refractivity contribution is 6.03. The molecule has 7 heteroatoms. The number of hydrogen-bond donors (Lipinski definition) is 1. The minimum Gasteiger partial charge on any atom is -0.360 e. The SMILES string of the molecule is Cc1cc(NC(=O)c2c(C)nc3ccc(F)cn23)no1. The molecule has 0 saturated carbocycles. The third-order valence-electron chi connectivity index (χ3n) is 2.84. The highest BCUT2D eigenvalue weighted by Crippen LogP contribution is 2.15. The standard InChI is InChI=1S/C13H11FN4O2/c1-7-5-10(17-20-7)16-13(19)12-8(2)15-11-4-3-9(14)6-18(11)12/h3-6H,1-2H3,(H,16,17,19).